The number of hydrogen-bond acceptors (Lipinski definition) is 4. The van der Waals surface area contributed by atoms with Crippen LogP contribution in [0, 0.1) is 5.82 Å². The molecule has 5 nitrogen and oxygen atoms in total. The maximum absolute atomic E-state index is 14.0. The standard InChI is InChI=1S/C25H28FN3O2/c1-2-31-23-12-11-19-7-3-4-8-20(19)24(23)25(30)27-13-14-28-15-17-29(18-16-28)22-10-6-5-9-21(22)26/h3-12H,2,13-18H2,1H3,(H,27,30). The fourth-order valence-corrected chi connectivity index (χ4v) is 4.10. The molecule has 0 radical (unpaired) electrons. The number of nitrogens with zero attached hydrogens (tertiary/aromatic N) is 2. The van der Waals surface area contributed by atoms with Gasteiger partial charge in [-0.25, -0.2) is 4.39 Å². The molecular weight excluding hydrogens is 393 g/mol. The molecule has 1 heterocycles. The van der Waals surface area contributed by atoms with Crippen molar-refractivity contribution < 1.29 is 13.9 Å². The molecule has 0 aromatic heterocycles. The Morgan fingerprint density at radius 1 is 1.00 bits per heavy atom. The minimum atomic E-state index is -0.177. The van der Waals surface area contributed by atoms with E-state index in [0.29, 0.717) is 30.2 Å². The molecule has 1 saturated heterocycles. The molecule has 6 heteroatoms. The first kappa shape index (κ1) is 21.1. The quantitative estimate of drug-likeness (QED) is 0.628. The van der Waals surface area contributed by atoms with E-state index >= 15 is 0 Å². The van der Waals surface area contributed by atoms with E-state index < -0.39 is 0 Å². The summed E-state index contributed by atoms with van der Waals surface area (Å²) in [6.07, 6.45) is 0. The minimum absolute atomic E-state index is 0.120. The van der Waals surface area contributed by atoms with E-state index in [9.17, 15) is 9.18 Å². The summed E-state index contributed by atoms with van der Waals surface area (Å²) >= 11 is 0. The number of rotatable bonds is 7. The summed E-state index contributed by atoms with van der Waals surface area (Å²) < 4.78 is 19.7. The number of amides is 1. The van der Waals surface area contributed by atoms with Crippen LogP contribution < -0.4 is 15.0 Å². The van der Waals surface area contributed by atoms with Crippen molar-refractivity contribution in [2.75, 3.05) is 50.8 Å². The van der Waals surface area contributed by atoms with Crippen molar-refractivity contribution in [3.8, 4) is 5.75 Å². The van der Waals surface area contributed by atoms with E-state index in [1.54, 1.807) is 6.07 Å². The fourth-order valence-electron chi connectivity index (χ4n) is 4.10. The topological polar surface area (TPSA) is 44.8 Å². The average Bonchev–Trinajstić information content (AvgIpc) is 2.80. The van der Waals surface area contributed by atoms with Crippen LogP contribution in [-0.2, 0) is 0 Å². The van der Waals surface area contributed by atoms with Crippen molar-refractivity contribution in [1.29, 1.82) is 0 Å². The lowest BCUT2D eigenvalue weighted by molar-refractivity contribution is 0.0946. The summed E-state index contributed by atoms with van der Waals surface area (Å²) in [5.41, 5.74) is 1.25. The summed E-state index contributed by atoms with van der Waals surface area (Å²) in [6, 6.07) is 18.6. The van der Waals surface area contributed by atoms with Gasteiger partial charge < -0.3 is 15.0 Å². The SMILES string of the molecule is CCOc1ccc2ccccc2c1C(=O)NCCN1CCN(c2ccccc2F)CC1. The molecule has 1 amide bonds. The predicted octanol–water partition coefficient (Wildman–Crippen LogP) is 3.93. The molecule has 3 aromatic rings. The number of anilines is 1. The Morgan fingerprint density at radius 2 is 1.74 bits per heavy atom. The molecule has 1 fully saturated rings. The second kappa shape index (κ2) is 9.79. The first-order valence-electron chi connectivity index (χ1n) is 10.8. The average molecular weight is 422 g/mol. The third kappa shape index (κ3) is 4.80. The van der Waals surface area contributed by atoms with E-state index in [4.69, 9.17) is 4.74 Å². The third-order valence-electron chi connectivity index (χ3n) is 5.70. The van der Waals surface area contributed by atoms with Gasteiger partial charge in [0.25, 0.3) is 5.91 Å². The monoisotopic (exact) mass is 421 g/mol. The van der Waals surface area contributed by atoms with Crippen LogP contribution in [0.15, 0.2) is 60.7 Å². The molecule has 0 aliphatic carbocycles. The van der Waals surface area contributed by atoms with Gasteiger partial charge in [0.2, 0.25) is 0 Å². The Hall–Kier alpha value is -3.12. The molecule has 31 heavy (non-hydrogen) atoms. The lowest BCUT2D eigenvalue weighted by atomic mass is 10.0. The number of carbonyl (C=O) groups is 1. The van der Waals surface area contributed by atoms with Crippen LogP contribution in [0.3, 0.4) is 0 Å². The molecule has 0 unspecified atom stereocenters. The highest BCUT2D eigenvalue weighted by Gasteiger charge is 2.20. The van der Waals surface area contributed by atoms with Crippen molar-refractivity contribution in [2.45, 2.75) is 6.92 Å². The summed E-state index contributed by atoms with van der Waals surface area (Å²) in [6.45, 7) is 6.94. The third-order valence-corrected chi connectivity index (χ3v) is 5.70. The number of piperazine rings is 1. The number of ether oxygens (including phenoxy) is 1. The molecular formula is C25H28FN3O2. The number of benzene rings is 3. The molecule has 1 aliphatic heterocycles. The number of hydrogen-bond donors (Lipinski definition) is 1. The first-order chi connectivity index (χ1) is 15.2. The summed E-state index contributed by atoms with van der Waals surface area (Å²) in [5, 5.41) is 4.96. The van der Waals surface area contributed by atoms with Crippen molar-refractivity contribution in [1.82, 2.24) is 10.2 Å². The molecule has 1 aliphatic rings. The van der Waals surface area contributed by atoms with Gasteiger partial charge in [0, 0.05) is 39.3 Å². The van der Waals surface area contributed by atoms with Crippen LogP contribution in [-0.4, -0.2) is 56.7 Å². The van der Waals surface area contributed by atoms with Gasteiger partial charge in [-0.2, -0.15) is 0 Å². The van der Waals surface area contributed by atoms with Gasteiger partial charge in [0.1, 0.15) is 11.6 Å². The van der Waals surface area contributed by atoms with Crippen molar-refractivity contribution in [3.05, 3.63) is 72.0 Å². The van der Waals surface area contributed by atoms with Crippen molar-refractivity contribution in [2.24, 2.45) is 0 Å². The van der Waals surface area contributed by atoms with Gasteiger partial charge >= 0.3 is 0 Å². The van der Waals surface area contributed by atoms with Crippen LogP contribution in [0.5, 0.6) is 5.75 Å². The Bertz CT molecular complexity index is 1050. The highest BCUT2D eigenvalue weighted by Crippen LogP contribution is 2.28. The fraction of sp³-hybridized carbons (Fsp3) is 0.320. The van der Waals surface area contributed by atoms with Gasteiger partial charge in [-0.3, -0.25) is 9.69 Å². The van der Waals surface area contributed by atoms with E-state index in [2.05, 4.69) is 15.1 Å². The molecule has 1 N–H and O–H groups in total. The molecule has 3 aromatic carbocycles. The molecule has 4 rings (SSSR count). The van der Waals surface area contributed by atoms with E-state index in [-0.39, 0.29) is 11.7 Å². The van der Waals surface area contributed by atoms with Gasteiger partial charge in [0.05, 0.1) is 17.9 Å². The number of halogens is 1. The van der Waals surface area contributed by atoms with Crippen LogP contribution in [0.25, 0.3) is 10.8 Å². The smallest absolute Gasteiger partial charge is 0.255 e. The van der Waals surface area contributed by atoms with Crippen molar-refractivity contribution in [3.63, 3.8) is 0 Å². The van der Waals surface area contributed by atoms with Crippen molar-refractivity contribution >= 4 is 22.4 Å². The zero-order valence-corrected chi connectivity index (χ0v) is 17.8. The first-order valence-corrected chi connectivity index (χ1v) is 10.8. The van der Waals surface area contributed by atoms with Gasteiger partial charge in [0.15, 0.2) is 0 Å². The zero-order chi connectivity index (χ0) is 21.6. The number of fused-ring (bicyclic) bond motifs is 1. The van der Waals surface area contributed by atoms with Crippen LogP contribution in [0.4, 0.5) is 10.1 Å². The minimum Gasteiger partial charge on any atom is -0.493 e. The summed E-state index contributed by atoms with van der Waals surface area (Å²) in [4.78, 5) is 17.4. The van der Waals surface area contributed by atoms with E-state index in [1.165, 1.54) is 6.07 Å². The van der Waals surface area contributed by atoms with E-state index in [0.717, 1.165) is 43.5 Å². The Kier molecular flexibility index (Phi) is 6.67. The largest absolute Gasteiger partial charge is 0.493 e. The Balaban J connectivity index is 1.34. The second-order valence-corrected chi connectivity index (χ2v) is 7.63. The lowest BCUT2D eigenvalue weighted by Gasteiger charge is -2.36. The van der Waals surface area contributed by atoms with Crippen LogP contribution in [0.2, 0.25) is 0 Å². The van der Waals surface area contributed by atoms with Crippen LogP contribution in [0.1, 0.15) is 17.3 Å². The highest BCUT2D eigenvalue weighted by atomic mass is 19.1. The second-order valence-electron chi connectivity index (χ2n) is 7.63. The number of nitrogens with one attached hydrogen (secondary N) is 1. The lowest BCUT2D eigenvalue weighted by Crippen LogP contribution is -2.48. The zero-order valence-electron chi connectivity index (χ0n) is 17.8. The Labute approximate surface area is 182 Å². The van der Waals surface area contributed by atoms with Crippen LogP contribution >= 0.6 is 0 Å². The molecule has 0 spiro atoms. The number of para-hydroxylation sites is 1. The maximum atomic E-state index is 14.0. The molecule has 162 valence electrons. The van der Waals surface area contributed by atoms with Gasteiger partial charge in [-0.15, -0.1) is 0 Å². The molecule has 0 bridgehead atoms. The molecule has 0 atom stereocenters. The normalized spacial score (nSPS) is 14.6. The Morgan fingerprint density at radius 3 is 2.52 bits per heavy atom. The summed E-state index contributed by atoms with van der Waals surface area (Å²) in [7, 11) is 0. The predicted molar refractivity (Wildman–Crippen MR) is 123 cm³/mol. The van der Waals surface area contributed by atoms with E-state index in [1.807, 2.05) is 55.5 Å². The molecule has 0 saturated carbocycles. The van der Waals surface area contributed by atoms with Gasteiger partial charge in [-0.05, 0) is 35.9 Å². The number of carbonyl (C=O) groups excluding carboxylic acids is 1. The van der Waals surface area contributed by atoms with Gasteiger partial charge in [-0.1, -0.05) is 42.5 Å². The maximum Gasteiger partial charge on any atom is 0.255 e. The summed E-state index contributed by atoms with van der Waals surface area (Å²) in [5.74, 6) is 0.311. The highest BCUT2D eigenvalue weighted by molar-refractivity contribution is 6.09.